The number of ether oxygens (including phenoxy) is 1. The standard InChI is InChI=1S/C13H13FN2O5/c1-6-11(15-7(2)17)21-13(20)16(6)8-3-4-9(12(18)19)10(14)5-8/h3-6,11H,1-2H3,(H,15,17)(H,18,19)/t6?,11-/m0/s1. The average molecular weight is 296 g/mol. The average Bonchev–Trinajstić information content (AvgIpc) is 2.63. The van der Waals surface area contributed by atoms with Crippen LogP contribution in [0.15, 0.2) is 18.2 Å². The van der Waals surface area contributed by atoms with Crippen LogP contribution in [0.25, 0.3) is 0 Å². The minimum atomic E-state index is -1.40. The lowest BCUT2D eigenvalue weighted by Crippen LogP contribution is -2.43. The Morgan fingerprint density at radius 2 is 2.10 bits per heavy atom. The number of amides is 2. The summed E-state index contributed by atoms with van der Waals surface area (Å²) in [5.41, 5.74) is -0.333. The van der Waals surface area contributed by atoms with Crippen LogP contribution < -0.4 is 10.2 Å². The van der Waals surface area contributed by atoms with Gasteiger partial charge in [0.15, 0.2) is 6.23 Å². The number of hydrogen-bond donors (Lipinski definition) is 2. The summed E-state index contributed by atoms with van der Waals surface area (Å²) in [5.74, 6) is -2.72. The molecule has 1 heterocycles. The molecule has 1 aliphatic rings. The van der Waals surface area contributed by atoms with Crippen molar-refractivity contribution in [2.75, 3.05) is 4.90 Å². The second kappa shape index (κ2) is 5.39. The van der Waals surface area contributed by atoms with Crippen LogP contribution in [0, 0.1) is 5.82 Å². The minimum Gasteiger partial charge on any atom is -0.478 e. The van der Waals surface area contributed by atoms with Gasteiger partial charge in [0.25, 0.3) is 0 Å². The van der Waals surface area contributed by atoms with E-state index in [1.165, 1.54) is 13.0 Å². The largest absolute Gasteiger partial charge is 0.478 e. The summed E-state index contributed by atoms with van der Waals surface area (Å²) in [4.78, 5) is 34.8. The van der Waals surface area contributed by atoms with Crippen molar-refractivity contribution in [1.82, 2.24) is 5.32 Å². The molecule has 1 fully saturated rings. The third-order valence-corrected chi connectivity index (χ3v) is 3.08. The van der Waals surface area contributed by atoms with Gasteiger partial charge in [-0.3, -0.25) is 9.69 Å². The highest BCUT2D eigenvalue weighted by atomic mass is 19.1. The zero-order chi connectivity index (χ0) is 15.7. The number of rotatable bonds is 3. The lowest BCUT2D eigenvalue weighted by atomic mass is 10.1. The number of carbonyl (C=O) groups excluding carboxylic acids is 2. The highest BCUT2D eigenvalue weighted by Gasteiger charge is 2.40. The number of halogens is 1. The highest BCUT2D eigenvalue weighted by molar-refractivity contribution is 5.93. The van der Waals surface area contributed by atoms with Crippen LogP contribution >= 0.6 is 0 Å². The fourth-order valence-corrected chi connectivity index (χ4v) is 2.08. The van der Waals surface area contributed by atoms with Crippen molar-refractivity contribution in [2.24, 2.45) is 0 Å². The number of benzene rings is 1. The number of aromatic carboxylic acids is 1. The van der Waals surface area contributed by atoms with Crippen molar-refractivity contribution >= 4 is 23.7 Å². The van der Waals surface area contributed by atoms with Gasteiger partial charge in [0.05, 0.1) is 17.3 Å². The molecule has 0 aromatic heterocycles. The molecule has 8 heteroatoms. The van der Waals surface area contributed by atoms with Gasteiger partial charge in [-0.05, 0) is 25.1 Å². The minimum absolute atomic E-state index is 0.155. The van der Waals surface area contributed by atoms with E-state index in [4.69, 9.17) is 9.84 Å². The number of nitrogens with zero attached hydrogens (tertiary/aromatic N) is 1. The number of hydrogen-bond acceptors (Lipinski definition) is 4. The molecule has 0 bridgehead atoms. The van der Waals surface area contributed by atoms with Crippen LogP contribution in [-0.2, 0) is 9.53 Å². The fourth-order valence-electron chi connectivity index (χ4n) is 2.08. The predicted molar refractivity (Wildman–Crippen MR) is 69.4 cm³/mol. The van der Waals surface area contributed by atoms with E-state index in [0.717, 1.165) is 17.0 Å². The van der Waals surface area contributed by atoms with E-state index in [1.807, 2.05) is 0 Å². The Morgan fingerprint density at radius 1 is 1.43 bits per heavy atom. The van der Waals surface area contributed by atoms with Gasteiger partial charge in [0.2, 0.25) is 5.91 Å². The molecule has 2 rings (SSSR count). The summed E-state index contributed by atoms with van der Waals surface area (Å²) in [6.07, 6.45) is -1.60. The smallest absolute Gasteiger partial charge is 0.416 e. The van der Waals surface area contributed by atoms with E-state index in [9.17, 15) is 18.8 Å². The summed E-state index contributed by atoms with van der Waals surface area (Å²) < 4.78 is 18.7. The van der Waals surface area contributed by atoms with E-state index in [1.54, 1.807) is 6.92 Å². The van der Waals surface area contributed by atoms with Gasteiger partial charge >= 0.3 is 12.1 Å². The lowest BCUT2D eigenvalue weighted by molar-refractivity contribution is -0.121. The number of carboxylic acid groups (broad SMARTS) is 1. The van der Waals surface area contributed by atoms with Crippen molar-refractivity contribution in [3.8, 4) is 0 Å². The second-order valence-corrected chi connectivity index (χ2v) is 4.58. The molecule has 21 heavy (non-hydrogen) atoms. The quantitative estimate of drug-likeness (QED) is 0.877. The number of nitrogens with one attached hydrogen (secondary N) is 1. The van der Waals surface area contributed by atoms with Gasteiger partial charge in [-0.2, -0.15) is 0 Å². The molecule has 0 spiro atoms. The molecule has 0 saturated carbocycles. The van der Waals surface area contributed by atoms with Crippen LogP contribution in [0.1, 0.15) is 24.2 Å². The molecule has 1 aromatic carbocycles. The van der Waals surface area contributed by atoms with Gasteiger partial charge in [0.1, 0.15) is 5.82 Å². The molecule has 112 valence electrons. The molecule has 0 aliphatic carbocycles. The van der Waals surface area contributed by atoms with Crippen molar-refractivity contribution in [1.29, 1.82) is 0 Å². The van der Waals surface area contributed by atoms with Gasteiger partial charge in [-0.15, -0.1) is 0 Å². The van der Waals surface area contributed by atoms with Crippen LogP contribution in [-0.4, -0.2) is 35.3 Å². The van der Waals surface area contributed by atoms with Gasteiger partial charge in [-0.25, -0.2) is 14.0 Å². The normalized spacial score (nSPS) is 21.1. The zero-order valence-electron chi connectivity index (χ0n) is 11.3. The first kappa shape index (κ1) is 14.8. The van der Waals surface area contributed by atoms with Crippen LogP contribution in [0.3, 0.4) is 0 Å². The predicted octanol–water partition coefficient (Wildman–Crippen LogP) is 1.33. The van der Waals surface area contributed by atoms with Crippen molar-refractivity contribution < 1.29 is 28.6 Å². The first-order valence-corrected chi connectivity index (χ1v) is 6.11. The topological polar surface area (TPSA) is 95.9 Å². The number of carboxylic acids is 1. The van der Waals surface area contributed by atoms with Gasteiger partial charge in [-0.1, -0.05) is 0 Å². The Morgan fingerprint density at radius 3 is 2.62 bits per heavy atom. The molecular weight excluding hydrogens is 283 g/mol. The lowest BCUT2D eigenvalue weighted by Gasteiger charge is -2.21. The van der Waals surface area contributed by atoms with Crippen LogP contribution in [0.5, 0.6) is 0 Å². The fraction of sp³-hybridized carbons (Fsp3) is 0.308. The first-order valence-electron chi connectivity index (χ1n) is 6.11. The Bertz CT molecular complexity index is 619. The van der Waals surface area contributed by atoms with E-state index in [0.29, 0.717) is 0 Å². The molecule has 0 radical (unpaired) electrons. The van der Waals surface area contributed by atoms with Crippen molar-refractivity contribution in [3.05, 3.63) is 29.6 Å². The molecule has 1 saturated heterocycles. The summed E-state index contributed by atoms with van der Waals surface area (Å²) in [7, 11) is 0. The van der Waals surface area contributed by atoms with E-state index >= 15 is 0 Å². The summed E-state index contributed by atoms with van der Waals surface area (Å²) in [5, 5.41) is 11.2. The third-order valence-electron chi connectivity index (χ3n) is 3.08. The maximum Gasteiger partial charge on any atom is 0.416 e. The molecule has 2 N–H and O–H groups in total. The highest BCUT2D eigenvalue weighted by Crippen LogP contribution is 2.27. The van der Waals surface area contributed by atoms with Crippen LogP contribution in [0.2, 0.25) is 0 Å². The van der Waals surface area contributed by atoms with E-state index in [-0.39, 0.29) is 11.6 Å². The van der Waals surface area contributed by atoms with E-state index in [2.05, 4.69) is 5.32 Å². The number of carbonyl (C=O) groups is 3. The maximum absolute atomic E-state index is 13.7. The Labute approximate surface area is 119 Å². The zero-order valence-corrected chi connectivity index (χ0v) is 11.3. The Hall–Kier alpha value is -2.64. The first-order chi connectivity index (χ1) is 9.81. The summed E-state index contributed by atoms with van der Waals surface area (Å²) >= 11 is 0. The van der Waals surface area contributed by atoms with Gasteiger partial charge < -0.3 is 15.2 Å². The Balaban J connectivity index is 2.29. The summed E-state index contributed by atoms with van der Waals surface area (Å²) in [6, 6.07) is 2.76. The molecule has 7 nitrogen and oxygen atoms in total. The molecule has 1 aliphatic heterocycles. The van der Waals surface area contributed by atoms with Crippen LogP contribution in [0.4, 0.5) is 14.9 Å². The molecule has 2 amide bonds. The Kier molecular flexibility index (Phi) is 3.79. The van der Waals surface area contributed by atoms with Crippen molar-refractivity contribution in [3.63, 3.8) is 0 Å². The molecule has 2 atom stereocenters. The third kappa shape index (κ3) is 2.78. The monoisotopic (exact) mass is 296 g/mol. The SMILES string of the molecule is CC(=O)N[C@H]1OC(=O)N(c2ccc(C(=O)O)c(F)c2)C1C. The molecule has 1 unspecified atom stereocenters. The second-order valence-electron chi connectivity index (χ2n) is 4.58. The van der Waals surface area contributed by atoms with E-state index < -0.39 is 35.7 Å². The number of anilines is 1. The van der Waals surface area contributed by atoms with Crippen molar-refractivity contribution in [2.45, 2.75) is 26.1 Å². The number of cyclic esters (lactones) is 1. The molecule has 1 aromatic rings. The summed E-state index contributed by atoms with van der Waals surface area (Å²) in [6.45, 7) is 2.90. The molecular formula is C13H13FN2O5. The van der Waals surface area contributed by atoms with Gasteiger partial charge in [0, 0.05) is 6.92 Å². The maximum atomic E-state index is 13.7.